The van der Waals surface area contributed by atoms with Gasteiger partial charge in [-0.3, -0.25) is 9.35 Å². The predicted molar refractivity (Wildman–Crippen MR) is 303 cm³/mol. The highest BCUT2D eigenvalue weighted by Gasteiger charge is 2.48. The Morgan fingerprint density at radius 3 is 1.36 bits per heavy atom. The minimum atomic E-state index is -5.07. The van der Waals surface area contributed by atoms with Crippen molar-refractivity contribution in [3.63, 3.8) is 0 Å². The van der Waals surface area contributed by atoms with Crippen molar-refractivity contribution < 1.29 is 56.2 Å². The van der Waals surface area contributed by atoms with E-state index >= 15 is 0 Å². The van der Waals surface area contributed by atoms with Crippen molar-refractivity contribution in [2.75, 3.05) is 26.4 Å². The number of hydrogen-bond donors (Lipinski definition) is 4. The van der Waals surface area contributed by atoms with Crippen molar-refractivity contribution in [1.82, 2.24) is 0 Å². The van der Waals surface area contributed by atoms with Gasteiger partial charge in [0.2, 0.25) is 0 Å². The van der Waals surface area contributed by atoms with Crippen LogP contribution in [-0.2, 0) is 38.3 Å². The van der Waals surface area contributed by atoms with Crippen molar-refractivity contribution in [1.29, 1.82) is 0 Å². The number of carbonyl (C=O) groups excluding carboxylic acids is 1. The van der Waals surface area contributed by atoms with E-state index in [1.54, 1.807) is 0 Å². The van der Waals surface area contributed by atoms with Crippen LogP contribution in [0, 0.1) is 0 Å². The van der Waals surface area contributed by atoms with Crippen LogP contribution in [0.3, 0.4) is 0 Å². The van der Waals surface area contributed by atoms with Crippen LogP contribution in [0.1, 0.15) is 245 Å². The van der Waals surface area contributed by atoms with Gasteiger partial charge in [-0.1, -0.05) is 247 Å². The largest absolute Gasteiger partial charge is 0.457 e. The summed E-state index contributed by atoms with van der Waals surface area (Å²) in [7, 11) is -5.07. The van der Waals surface area contributed by atoms with E-state index in [-0.39, 0.29) is 19.6 Å². The predicted octanol–water partition coefficient (Wildman–Crippen LogP) is 15.0. The highest BCUT2D eigenvalue weighted by Crippen LogP contribution is 2.26. The van der Waals surface area contributed by atoms with E-state index in [0.29, 0.717) is 13.0 Å². The maximum absolute atomic E-state index is 13.0. The molecule has 0 aliphatic carbocycles. The minimum absolute atomic E-state index is 0.0293. The molecule has 1 aliphatic rings. The first-order valence-electron chi connectivity index (χ1n) is 29.7. The molecule has 0 bridgehead atoms. The number of allylic oxidation sites excluding steroid dienone is 12. The van der Waals surface area contributed by atoms with E-state index in [9.17, 15) is 33.1 Å². The Hall–Kier alpha value is -2.46. The third kappa shape index (κ3) is 43.6. The lowest BCUT2D eigenvalue weighted by molar-refractivity contribution is -0.301. The molecule has 1 saturated heterocycles. The summed E-state index contributed by atoms with van der Waals surface area (Å²) in [5.41, 5.74) is 0. The Morgan fingerprint density at radius 2 is 0.932 bits per heavy atom. The van der Waals surface area contributed by atoms with Crippen LogP contribution in [0.5, 0.6) is 0 Å². The van der Waals surface area contributed by atoms with Gasteiger partial charge in [0.1, 0.15) is 30.5 Å². The first kappa shape index (κ1) is 69.6. The molecule has 12 nitrogen and oxygen atoms in total. The van der Waals surface area contributed by atoms with Crippen molar-refractivity contribution in [3.8, 4) is 0 Å². The van der Waals surface area contributed by atoms with Gasteiger partial charge in [-0.15, -0.1) is 0 Å². The molecule has 6 atom stereocenters. The second kappa shape index (κ2) is 51.3. The topological polar surface area (TPSA) is 178 Å². The van der Waals surface area contributed by atoms with Crippen LogP contribution in [0.25, 0.3) is 0 Å². The number of hydrogen-bond acceptors (Lipinski definition) is 11. The van der Waals surface area contributed by atoms with Gasteiger partial charge in [0.25, 0.3) is 0 Å². The summed E-state index contributed by atoms with van der Waals surface area (Å²) in [6, 6.07) is 0. The molecule has 0 aromatic heterocycles. The molecule has 0 aromatic rings. The molecule has 6 unspecified atom stereocenters. The average molecular weight is 1070 g/mol. The van der Waals surface area contributed by atoms with Gasteiger partial charge in [0.15, 0.2) is 6.29 Å². The molecular weight excluding hydrogens is 957 g/mol. The fraction of sp³-hybridized carbons (Fsp3) is 0.787. The van der Waals surface area contributed by atoms with Crippen molar-refractivity contribution in [2.24, 2.45) is 0 Å². The zero-order valence-corrected chi connectivity index (χ0v) is 47.5. The van der Waals surface area contributed by atoms with E-state index in [4.69, 9.17) is 18.9 Å². The van der Waals surface area contributed by atoms with Gasteiger partial charge in [0.05, 0.1) is 19.8 Å². The smallest absolute Gasteiger partial charge is 0.397 e. The Kier molecular flexibility index (Phi) is 48.2. The monoisotopic (exact) mass is 1060 g/mol. The second-order valence-electron chi connectivity index (χ2n) is 20.2. The van der Waals surface area contributed by atoms with Crippen LogP contribution in [0.4, 0.5) is 0 Å². The lowest BCUT2D eigenvalue weighted by atomic mass is 9.99. The van der Waals surface area contributed by atoms with E-state index in [0.717, 1.165) is 96.3 Å². The molecule has 1 rings (SSSR count). The fourth-order valence-corrected chi connectivity index (χ4v) is 9.42. The normalized spacial score (nSPS) is 19.2. The summed E-state index contributed by atoms with van der Waals surface area (Å²) in [5.74, 6) is -0.412. The SMILES string of the molecule is CC/C=C\C/C=C\C/C=C\C/C=C\C/C=C\C/C=C\CCCCCCCCC(=O)OC(COCCCCCCCCCCCCCCCCCCCCCCCC)COC1OC(CO)C(O)C(OS(=O)(=O)O)C1O. The zero-order valence-electron chi connectivity index (χ0n) is 46.6. The van der Waals surface area contributed by atoms with E-state index in [1.165, 1.54) is 122 Å². The Morgan fingerprint density at radius 1 is 0.527 bits per heavy atom. The molecule has 0 spiro atoms. The van der Waals surface area contributed by atoms with Gasteiger partial charge >= 0.3 is 16.4 Å². The lowest BCUT2D eigenvalue weighted by Crippen LogP contribution is -2.60. The molecule has 0 saturated carbocycles. The minimum Gasteiger partial charge on any atom is -0.457 e. The first-order valence-corrected chi connectivity index (χ1v) is 31.1. The average Bonchev–Trinajstić information content (AvgIpc) is 3.38. The van der Waals surface area contributed by atoms with Crippen LogP contribution in [0.15, 0.2) is 72.9 Å². The maximum atomic E-state index is 13.0. The summed E-state index contributed by atoms with van der Waals surface area (Å²) >= 11 is 0. The molecule has 0 radical (unpaired) electrons. The van der Waals surface area contributed by atoms with Crippen LogP contribution >= 0.6 is 0 Å². The number of unbranched alkanes of at least 4 members (excludes halogenated alkanes) is 27. The summed E-state index contributed by atoms with van der Waals surface area (Å²) < 4.78 is 59.5. The fourth-order valence-electron chi connectivity index (χ4n) is 8.91. The number of aliphatic hydroxyl groups is 3. The number of carbonyl (C=O) groups is 1. The summed E-state index contributed by atoms with van der Waals surface area (Å²) in [6.07, 6.45) is 59.4. The number of aliphatic hydroxyl groups excluding tert-OH is 3. The van der Waals surface area contributed by atoms with Crippen LogP contribution < -0.4 is 0 Å². The number of rotatable bonds is 52. The Bertz CT molecular complexity index is 1560. The molecular formula is C61H108O12S. The van der Waals surface area contributed by atoms with E-state index in [1.807, 2.05) is 0 Å². The van der Waals surface area contributed by atoms with Crippen LogP contribution in [-0.4, -0.2) is 97.5 Å². The lowest BCUT2D eigenvalue weighted by Gasteiger charge is -2.41. The summed E-state index contributed by atoms with van der Waals surface area (Å²) in [5, 5.41) is 30.9. The van der Waals surface area contributed by atoms with Gasteiger partial charge in [-0.2, -0.15) is 8.42 Å². The Labute approximate surface area is 451 Å². The van der Waals surface area contributed by atoms with Gasteiger partial charge < -0.3 is 34.3 Å². The highest BCUT2D eigenvalue weighted by molar-refractivity contribution is 7.80. The summed E-state index contributed by atoms with van der Waals surface area (Å²) in [6.45, 7) is 3.90. The van der Waals surface area contributed by atoms with E-state index in [2.05, 4.69) is 90.9 Å². The van der Waals surface area contributed by atoms with Gasteiger partial charge in [0, 0.05) is 13.0 Å². The van der Waals surface area contributed by atoms with Crippen molar-refractivity contribution in [3.05, 3.63) is 72.9 Å². The molecule has 74 heavy (non-hydrogen) atoms. The molecule has 0 aromatic carbocycles. The molecule has 1 fully saturated rings. The quantitative estimate of drug-likeness (QED) is 0.0196. The molecule has 430 valence electrons. The number of ether oxygens (including phenoxy) is 4. The highest BCUT2D eigenvalue weighted by atomic mass is 32.3. The molecule has 0 amide bonds. The van der Waals surface area contributed by atoms with Gasteiger partial charge in [-0.05, 0) is 64.2 Å². The van der Waals surface area contributed by atoms with E-state index < -0.39 is 59.8 Å². The van der Waals surface area contributed by atoms with Crippen molar-refractivity contribution in [2.45, 2.75) is 282 Å². The molecule has 1 aliphatic heterocycles. The summed E-state index contributed by atoms with van der Waals surface area (Å²) in [4.78, 5) is 13.0. The number of esters is 1. The standard InChI is InChI=1S/C61H108O12S/c1-3-5-7-9-11-13-15-17-19-21-23-25-27-28-29-30-32-34-36-38-40-42-44-46-48-50-57(63)71-55(54-70-61-59(65)60(73-74(66,67)68)58(64)56(52-62)72-61)53-69-51-49-47-45-43-41-39-37-35-33-31-26-24-22-20-18-16-14-12-10-8-6-4-2/h5,7,11,13,17,19,23,25,28-29,32,34,55-56,58-62,64-65H,3-4,6,8-10,12,14-16,18,20-22,24,26-27,30-31,33,35-54H2,1-2H3,(H,66,67,68)/b7-5-,13-11-,19-17-,25-23-,29-28-,34-32-. The van der Waals surface area contributed by atoms with Gasteiger partial charge in [-0.25, -0.2) is 4.18 Å². The second-order valence-corrected chi connectivity index (χ2v) is 21.3. The van der Waals surface area contributed by atoms with Crippen molar-refractivity contribution >= 4 is 16.4 Å². The third-order valence-electron chi connectivity index (χ3n) is 13.3. The first-order chi connectivity index (χ1) is 36.1. The van der Waals surface area contributed by atoms with Crippen LogP contribution in [0.2, 0.25) is 0 Å². The third-order valence-corrected chi connectivity index (χ3v) is 13.8. The molecule has 4 N–H and O–H groups in total. The molecule has 1 heterocycles. The zero-order chi connectivity index (χ0) is 53.8. The maximum Gasteiger partial charge on any atom is 0.397 e. The molecule has 13 heteroatoms. The Balaban J connectivity index is 2.31.